The van der Waals surface area contributed by atoms with E-state index in [0.29, 0.717) is 0 Å². The largest absolute Gasteiger partial charge is 0.365 e. The van der Waals surface area contributed by atoms with Crippen molar-refractivity contribution in [3.63, 3.8) is 0 Å². The molecule has 1 N–H and O–H groups in total. The Morgan fingerprint density at radius 1 is 0.455 bits per heavy atom. The molecular weight excluding hydrogens is 532 g/mol. The molecule has 2 nitrogen and oxygen atoms in total. The number of hydrogen-bond donors (Lipinski definition) is 1. The smallest absolute Gasteiger partial charge is 0.0984 e. The van der Waals surface area contributed by atoms with E-state index in [1.54, 1.807) is 0 Å². The van der Waals surface area contributed by atoms with E-state index >= 15 is 0 Å². The summed E-state index contributed by atoms with van der Waals surface area (Å²) in [7, 11) is 2.17. The summed E-state index contributed by atoms with van der Waals surface area (Å²) in [6, 6.07) is 56.9. The van der Waals surface area contributed by atoms with E-state index in [9.17, 15) is 0 Å². The lowest BCUT2D eigenvalue weighted by Crippen LogP contribution is -2.37. The zero-order chi connectivity index (χ0) is 29.9. The van der Waals surface area contributed by atoms with Crippen LogP contribution in [0.25, 0.3) is 54.9 Å². The molecule has 0 fully saturated rings. The summed E-state index contributed by atoms with van der Waals surface area (Å²) in [5.41, 5.74) is 9.82. The summed E-state index contributed by atoms with van der Waals surface area (Å²) < 4.78 is 0. The Hall–Kier alpha value is -5.34. The fourth-order valence-corrected chi connectivity index (χ4v) is 6.45. The van der Waals surface area contributed by atoms with Gasteiger partial charge in [0.1, 0.15) is 0 Å². The molecule has 7 aromatic carbocycles. The second kappa shape index (κ2) is 12.1. The summed E-state index contributed by atoms with van der Waals surface area (Å²) in [5.74, 6) is 0. The Kier molecular flexibility index (Phi) is 7.56. The summed E-state index contributed by atoms with van der Waals surface area (Å²) in [5, 5.41) is 8.76. The molecule has 7 aromatic rings. The maximum Gasteiger partial charge on any atom is 0.0984 e. The first-order valence-electron chi connectivity index (χ1n) is 15.5. The number of rotatable bonds is 8. The van der Waals surface area contributed by atoms with Gasteiger partial charge in [-0.25, -0.2) is 0 Å². The second-order valence-electron chi connectivity index (χ2n) is 11.4. The fourth-order valence-electron chi connectivity index (χ4n) is 6.45. The minimum Gasteiger partial charge on any atom is -0.365 e. The van der Waals surface area contributed by atoms with E-state index in [2.05, 4.69) is 182 Å². The normalized spacial score (nSPS) is 11.9. The van der Waals surface area contributed by atoms with Gasteiger partial charge >= 0.3 is 0 Å². The molecule has 0 bridgehead atoms. The van der Waals surface area contributed by atoms with Gasteiger partial charge in [0, 0.05) is 18.4 Å². The van der Waals surface area contributed by atoms with Crippen molar-refractivity contribution < 1.29 is 0 Å². The zero-order valence-electron chi connectivity index (χ0n) is 25.2. The highest BCUT2D eigenvalue weighted by Crippen LogP contribution is 2.44. The lowest BCUT2D eigenvalue weighted by molar-refractivity contribution is 0.678. The van der Waals surface area contributed by atoms with E-state index < -0.39 is 0 Å². The predicted octanol–water partition coefficient (Wildman–Crippen LogP) is 11.3. The van der Waals surface area contributed by atoms with E-state index in [4.69, 9.17) is 0 Å². The third kappa shape index (κ3) is 5.20. The summed E-state index contributed by atoms with van der Waals surface area (Å²) in [6.45, 7) is 2.22. The molecule has 0 spiro atoms. The van der Waals surface area contributed by atoms with Gasteiger partial charge in [0.2, 0.25) is 0 Å². The van der Waals surface area contributed by atoms with Crippen LogP contribution in [0.4, 0.5) is 11.4 Å². The molecule has 0 saturated heterocycles. The second-order valence-corrected chi connectivity index (χ2v) is 11.4. The average molecular weight is 569 g/mol. The maximum absolute atomic E-state index is 3.68. The van der Waals surface area contributed by atoms with Gasteiger partial charge < -0.3 is 10.2 Å². The Morgan fingerprint density at radius 2 is 0.841 bits per heavy atom. The van der Waals surface area contributed by atoms with Crippen LogP contribution in [-0.4, -0.2) is 13.2 Å². The van der Waals surface area contributed by atoms with Gasteiger partial charge in [-0.15, -0.1) is 0 Å². The molecule has 0 aliphatic heterocycles. The number of nitrogens with one attached hydrogen (secondary N) is 1. The van der Waals surface area contributed by atoms with Crippen molar-refractivity contribution in [2.24, 2.45) is 0 Å². The first-order chi connectivity index (χ1) is 21.7. The van der Waals surface area contributed by atoms with Gasteiger partial charge in [-0.3, -0.25) is 0 Å². The molecule has 214 valence electrons. The molecule has 1 unspecified atom stereocenters. The van der Waals surface area contributed by atoms with Crippen molar-refractivity contribution in [1.29, 1.82) is 0 Å². The molecule has 0 heterocycles. The molecule has 0 aliphatic rings. The van der Waals surface area contributed by atoms with Crippen LogP contribution < -0.4 is 10.2 Å². The van der Waals surface area contributed by atoms with Crippen molar-refractivity contribution in [3.8, 4) is 33.4 Å². The lowest BCUT2D eigenvalue weighted by atomic mass is 9.85. The molecule has 0 aliphatic carbocycles. The average Bonchev–Trinajstić information content (AvgIpc) is 3.10. The SMILES string of the molecule is CCC(Nc1ccccc1)N(C)c1ccc(-c2c3ccccc3c(-c3ccc(-c4ccccc4)cc3)c3ccccc23)cc1. The standard InChI is InChI=1S/C42H36N2/c1-3-40(43-34-16-8-5-9-17-34)44(2)35-28-26-33(27-29-35)42-38-20-12-10-18-36(38)41(37-19-11-13-21-39(37)42)32-24-22-31(23-25-32)30-14-6-4-7-15-30/h4-29,40,43H,3H2,1-2H3. The minimum absolute atomic E-state index is 0.192. The number of hydrogen-bond acceptors (Lipinski definition) is 2. The molecule has 7 rings (SSSR count). The first-order valence-corrected chi connectivity index (χ1v) is 15.5. The predicted molar refractivity (Wildman–Crippen MR) is 190 cm³/mol. The molecule has 0 radical (unpaired) electrons. The van der Waals surface area contributed by atoms with Crippen LogP contribution in [-0.2, 0) is 0 Å². The van der Waals surface area contributed by atoms with Gasteiger partial charge in [0.25, 0.3) is 0 Å². The van der Waals surface area contributed by atoms with Crippen LogP contribution in [0.5, 0.6) is 0 Å². The highest BCUT2D eigenvalue weighted by molar-refractivity contribution is 6.21. The summed E-state index contributed by atoms with van der Waals surface area (Å²) >= 11 is 0. The summed E-state index contributed by atoms with van der Waals surface area (Å²) in [4.78, 5) is 2.33. The van der Waals surface area contributed by atoms with Crippen LogP contribution in [0.1, 0.15) is 13.3 Å². The van der Waals surface area contributed by atoms with Gasteiger partial charge in [-0.2, -0.15) is 0 Å². The number of nitrogens with zero attached hydrogens (tertiary/aromatic N) is 1. The molecule has 1 atom stereocenters. The van der Waals surface area contributed by atoms with E-state index in [-0.39, 0.29) is 6.17 Å². The quantitative estimate of drug-likeness (QED) is 0.145. The van der Waals surface area contributed by atoms with Crippen LogP contribution in [0.2, 0.25) is 0 Å². The van der Waals surface area contributed by atoms with E-state index in [0.717, 1.165) is 12.1 Å². The number of para-hydroxylation sites is 1. The Morgan fingerprint density at radius 3 is 1.32 bits per heavy atom. The van der Waals surface area contributed by atoms with Gasteiger partial charge in [0.15, 0.2) is 0 Å². The fraction of sp³-hybridized carbons (Fsp3) is 0.0952. The molecule has 44 heavy (non-hydrogen) atoms. The molecule has 0 saturated carbocycles. The topological polar surface area (TPSA) is 15.3 Å². The first kappa shape index (κ1) is 27.5. The van der Waals surface area contributed by atoms with Crippen molar-refractivity contribution in [2.75, 3.05) is 17.3 Å². The summed E-state index contributed by atoms with van der Waals surface area (Å²) in [6.07, 6.45) is 1.17. The van der Waals surface area contributed by atoms with Crippen molar-refractivity contribution >= 4 is 32.9 Å². The minimum atomic E-state index is 0.192. The highest BCUT2D eigenvalue weighted by Gasteiger charge is 2.18. The van der Waals surface area contributed by atoms with Crippen molar-refractivity contribution in [2.45, 2.75) is 19.5 Å². The lowest BCUT2D eigenvalue weighted by Gasteiger charge is -2.31. The zero-order valence-corrected chi connectivity index (χ0v) is 25.2. The number of benzene rings is 7. The molecule has 2 heteroatoms. The van der Waals surface area contributed by atoms with Crippen LogP contribution >= 0.6 is 0 Å². The highest BCUT2D eigenvalue weighted by atomic mass is 15.2. The monoisotopic (exact) mass is 568 g/mol. The number of fused-ring (bicyclic) bond motifs is 2. The van der Waals surface area contributed by atoms with Gasteiger partial charge in [-0.05, 0) is 85.6 Å². The Balaban J connectivity index is 1.30. The third-order valence-electron chi connectivity index (χ3n) is 8.74. The number of anilines is 2. The molecular formula is C42H36N2. The van der Waals surface area contributed by atoms with Crippen molar-refractivity contribution in [3.05, 3.63) is 158 Å². The van der Waals surface area contributed by atoms with Gasteiger partial charge in [0.05, 0.1) is 6.17 Å². The maximum atomic E-state index is 3.68. The Labute approximate surface area is 260 Å². The van der Waals surface area contributed by atoms with Crippen LogP contribution in [0.3, 0.4) is 0 Å². The van der Waals surface area contributed by atoms with E-state index in [1.165, 1.54) is 60.6 Å². The molecule has 0 amide bonds. The van der Waals surface area contributed by atoms with Crippen LogP contribution in [0.15, 0.2) is 158 Å². The van der Waals surface area contributed by atoms with E-state index in [1.807, 2.05) is 0 Å². The molecule has 0 aromatic heterocycles. The van der Waals surface area contributed by atoms with Gasteiger partial charge in [-0.1, -0.05) is 140 Å². The van der Waals surface area contributed by atoms with Crippen molar-refractivity contribution in [1.82, 2.24) is 0 Å². The van der Waals surface area contributed by atoms with Crippen LogP contribution in [0, 0.1) is 0 Å². The Bertz CT molecular complexity index is 1960. The third-order valence-corrected chi connectivity index (χ3v) is 8.74.